The van der Waals surface area contributed by atoms with E-state index in [1.165, 1.54) is 4.57 Å². The van der Waals surface area contributed by atoms with Gasteiger partial charge in [0.05, 0.1) is 5.69 Å². The van der Waals surface area contributed by atoms with Crippen molar-refractivity contribution < 1.29 is 9.90 Å². The molecule has 0 amide bonds. The largest absolute Gasteiger partial charge is 0.480 e. The van der Waals surface area contributed by atoms with Gasteiger partial charge in [0.2, 0.25) is 0 Å². The van der Waals surface area contributed by atoms with Crippen LogP contribution in [0.2, 0.25) is 5.15 Å². The highest BCUT2D eigenvalue weighted by Crippen LogP contribution is 2.29. The molecular weight excluding hydrogens is 270 g/mol. The van der Waals surface area contributed by atoms with Crippen LogP contribution in [0, 0.1) is 0 Å². The predicted molar refractivity (Wildman–Crippen MR) is 69.8 cm³/mol. The van der Waals surface area contributed by atoms with E-state index in [2.05, 4.69) is 10.3 Å². The van der Waals surface area contributed by atoms with Crippen LogP contribution in [0.1, 0.15) is 37.4 Å². The molecule has 7 heteroatoms. The summed E-state index contributed by atoms with van der Waals surface area (Å²) >= 11 is 6.06. The molecule has 3 rings (SSSR count). The number of fused-ring (bicyclic) bond motifs is 1. The smallest absolute Gasteiger partial charge is 0.326 e. The number of hydrogen-bond donors (Lipinski definition) is 2. The third kappa shape index (κ3) is 2.00. The van der Waals surface area contributed by atoms with Crippen molar-refractivity contribution in [1.29, 1.82) is 0 Å². The summed E-state index contributed by atoms with van der Waals surface area (Å²) in [6.07, 6.45) is 4.00. The second-order valence-corrected chi connectivity index (χ2v) is 5.40. The molecule has 6 nitrogen and oxygen atoms in total. The lowest BCUT2D eigenvalue weighted by atomic mass is 9.93. The number of carbonyl (C=O) groups is 1. The third-order valence-electron chi connectivity index (χ3n) is 3.86. The summed E-state index contributed by atoms with van der Waals surface area (Å²) in [6, 6.07) is -0.579. The topological polar surface area (TPSA) is 84.2 Å². The van der Waals surface area contributed by atoms with Gasteiger partial charge in [-0.2, -0.15) is 0 Å². The number of carboxylic acid groups (broad SMARTS) is 1. The zero-order valence-corrected chi connectivity index (χ0v) is 11.0. The second-order valence-electron chi connectivity index (χ2n) is 5.04. The van der Waals surface area contributed by atoms with E-state index in [-0.39, 0.29) is 22.6 Å². The first-order valence-corrected chi connectivity index (χ1v) is 6.76. The molecule has 0 radical (unpaired) electrons. The van der Waals surface area contributed by atoms with Crippen LogP contribution in [0.15, 0.2) is 4.79 Å². The van der Waals surface area contributed by atoms with Crippen molar-refractivity contribution in [1.82, 2.24) is 9.55 Å². The van der Waals surface area contributed by atoms with E-state index in [9.17, 15) is 9.59 Å². The first-order chi connectivity index (χ1) is 9.08. The molecule has 1 aliphatic carbocycles. The maximum Gasteiger partial charge on any atom is 0.326 e. The lowest BCUT2D eigenvalue weighted by Gasteiger charge is -2.27. The second kappa shape index (κ2) is 4.52. The molecule has 0 aromatic carbocycles. The summed E-state index contributed by atoms with van der Waals surface area (Å²) in [4.78, 5) is 27.6. The monoisotopic (exact) mass is 283 g/mol. The lowest BCUT2D eigenvalue weighted by Crippen LogP contribution is -2.35. The predicted octanol–water partition coefficient (Wildman–Crippen LogP) is 1.43. The molecule has 0 bridgehead atoms. The van der Waals surface area contributed by atoms with Gasteiger partial charge in [-0.25, -0.2) is 9.78 Å². The Morgan fingerprint density at radius 1 is 1.42 bits per heavy atom. The molecule has 102 valence electrons. The van der Waals surface area contributed by atoms with Crippen LogP contribution in [0.3, 0.4) is 0 Å². The minimum atomic E-state index is -1.00. The molecule has 2 N–H and O–H groups in total. The first kappa shape index (κ1) is 12.5. The molecule has 1 fully saturated rings. The van der Waals surface area contributed by atoms with Gasteiger partial charge in [0.25, 0.3) is 5.56 Å². The van der Waals surface area contributed by atoms with Crippen LogP contribution in [0.5, 0.6) is 0 Å². The molecule has 1 saturated carbocycles. The number of nitrogens with zero attached hydrogens (tertiary/aromatic N) is 2. The number of nitrogens with one attached hydrogen (secondary N) is 1. The Kier molecular flexibility index (Phi) is 2.97. The summed E-state index contributed by atoms with van der Waals surface area (Å²) in [6.45, 7) is 0. The van der Waals surface area contributed by atoms with E-state index in [0.29, 0.717) is 18.5 Å². The highest BCUT2D eigenvalue weighted by atomic mass is 35.5. The quantitative estimate of drug-likeness (QED) is 0.877. The van der Waals surface area contributed by atoms with E-state index in [1.54, 1.807) is 0 Å². The Balaban J connectivity index is 2.04. The Labute approximate surface area is 114 Å². The average Bonchev–Trinajstić information content (AvgIpc) is 2.74. The number of aromatic nitrogens is 2. The van der Waals surface area contributed by atoms with Crippen molar-refractivity contribution >= 4 is 23.4 Å². The van der Waals surface area contributed by atoms with Gasteiger partial charge in [0, 0.05) is 6.04 Å². The summed E-state index contributed by atoms with van der Waals surface area (Å²) in [5, 5.41) is 12.4. The SMILES string of the molecule is O=C(O)C1CCc2c(Cl)nc(NC3CCC3)c(=O)n21. The van der Waals surface area contributed by atoms with Crippen LogP contribution >= 0.6 is 11.6 Å². The minimum Gasteiger partial charge on any atom is -0.480 e. The molecule has 0 spiro atoms. The molecule has 1 aromatic rings. The van der Waals surface area contributed by atoms with Gasteiger partial charge in [-0.05, 0) is 32.1 Å². The third-order valence-corrected chi connectivity index (χ3v) is 4.16. The molecule has 2 aliphatic rings. The molecule has 2 heterocycles. The summed E-state index contributed by atoms with van der Waals surface area (Å²) < 4.78 is 1.28. The summed E-state index contributed by atoms with van der Waals surface area (Å²) in [7, 11) is 0. The number of anilines is 1. The van der Waals surface area contributed by atoms with Gasteiger partial charge in [-0.1, -0.05) is 11.6 Å². The van der Waals surface area contributed by atoms with Crippen LogP contribution in [0.4, 0.5) is 5.82 Å². The van der Waals surface area contributed by atoms with Crippen LogP contribution < -0.4 is 10.9 Å². The zero-order valence-electron chi connectivity index (χ0n) is 10.2. The Morgan fingerprint density at radius 3 is 2.74 bits per heavy atom. The summed E-state index contributed by atoms with van der Waals surface area (Å²) in [5.74, 6) is -0.829. The van der Waals surface area contributed by atoms with Crippen LogP contribution in [-0.4, -0.2) is 26.7 Å². The van der Waals surface area contributed by atoms with E-state index in [1.807, 2.05) is 0 Å². The van der Waals surface area contributed by atoms with E-state index >= 15 is 0 Å². The molecule has 19 heavy (non-hydrogen) atoms. The van der Waals surface area contributed by atoms with Gasteiger partial charge in [-0.15, -0.1) is 0 Å². The maximum absolute atomic E-state index is 12.3. The van der Waals surface area contributed by atoms with Crippen molar-refractivity contribution in [2.75, 3.05) is 5.32 Å². The normalized spacial score (nSPS) is 21.8. The van der Waals surface area contributed by atoms with Crippen molar-refractivity contribution in [3.8, 4) is 0 Å². The van der Waals surface area contributed by atoms with Crippen LogP contribution in [-0.2, 0) is 11.2 Å². The summed E-state index contributed by atoms with van der Waals surface area (Å²) in [5.41, 5.74) is 0.148. The maximum atomic E-state index is 12.3. The molecule has 1 atom stereocenters. The fourth-order valence-electron chi connectivity index (χ4n) is 2.58. The fraction of sp³-hybridized carbons (Fsp3) is 0.583. The van der Waals surface area contributed by atoms with Gasteiger partial charge in [-0.3, -0.25) is 9.36 Å². The van der Waals surface area contributed by atoms with Crippen molar-refractivity contribution in [3.05, 3.63) is 21.2 Å². The highest BCUT2D eigenvalue weighted by Gasteiger charge is 2.33. The minimum absolute atomic E-state index is 0.173. The lowest BCUT2D eigenvalue weighted by molar-refractivity contribution is -0.140. The van der Waals surface area contributed by atoms with E-state index in [4.69, 9.17) is 16.7 Å². The van der Waals surface area contributed by atoms with Gasteiger partial charge >= 0.3 is 5.97 Å². The van der Waals surface area contributed by atoms with Gasteiger partial charge in [0.1, 0.15) is 6.04 Å². The molecule has 1 unspecified atom stereocenters. The zero-order chi connectivity index (χ0) is 13.6. The number of hydrogen-bond acceptors (Lipinski definition) is 4. The number of aliphatic carboxylic acids is 1. The van der Waals surface area contributed by atoms with Crippen molar-refractivity contribution in [2.24, 2.45) is 0 Å². The first-order valence-electron chi connectivity index (χ1n) is 6.38. The van der Waals surface area contributed by atoms with E-state index < -0.39 is 12.0 Å². The molecule has 1 aromatic heterocycles. The molecule has 0 saturated heterocycles. The van der Waals surface area contributed by atoms with Crippen molar-refractivity contribution in [2.45, 2.75) is 44.2 Å². The number of halogens is 1. The Hall–Kier alpha value is -1.56. The standard InChI is InChI=1S/C12H14ClN3O3/c13-9-7-4-5-8(12(18)19)16(7)11(17)10(15-9)14-6-2-1-3-6/h6,8H,1-5H2,(H,14,15)(H,18,19). The number of rotatable bonds is 3. The Morgan fingerprint density at radius 2 is 2.16 bits per heavy atom. The van der Waals surface area contributed by atoms with Gasteiger partial charge in [0.15, 0.2) is 11.0 Å². The van der Waals surface area contributed by atoms with Crippen LogP contribution in [0.25, 0.3) is 0 Å². The fourth-order valence-corrected chi connectivity index (χ4v) is 2.85. The Bertz CT molecular complexity index is 595. The van der Waals surface area contributed by atoms with Crippen molar-refractivity contribution in [3.63, 3.8) is 0 Å². The molecular formula is C12H14ClN3O3. The number of carboxylic acids is 1. The molecule has 1 aliphatic heterocycles. The van der Waals surface area contributed by atoms with Gasteiger partial charge < -0.3 is 10.4 Å². The highest BCUT2D eigenvalue weighted by molar-refractivity contribution is 6.30. The average molecular weight is 284 g/mol. The van der Waals surface area contributed by atoms with E-state index in [0.717, 1.165) is 19.3 Å².